The molecule has 0 saturated heterocycles. The minimum absolute atomic E-state index is 0.272. The van der Waals surface area contributed by atoms with Gasteiger partial charge in [0.2, 0.25) is 0 Å². The fourth-order valence-electron chi connectivity index (χ4n) is 1.46. The molecule has 88 valence electrons. The van der Waals surface area contributed by atoms with Crippen molar-refractivity contribution in [2.75, 3.05) is 5.32 Å². The predicted octanol–water partition coefficient (Wildman–Crippen LogP) is 4.34. The Balaban J connectivity index is 2.05. The van der Waals surface area contributed by atoms with Gasteiger partial charge in [-0.05, 0) is 51.8 Å². The third-order valence-electron chi connectivity index (χ3n) is 2.31. The van der Waals surface area contributed by atoms with Crippen LogP contribution in [0.3, 0.4) is 0 Å². The fraction of sp³-hybridized carbons (Fsp3) is 0.0769. The summed E-state index contributed by atoms with van der Waals surface area (Å²) in [5, 5.41) is 3.03. The smallest absolute Gasteiger partial charge is 0.139 e. The molecule has 2 rings (SSSR count). The van der Waals surface area contributed by atoms with Crippen LogP contribution in [0.15, 0.2) is 46.9 Å². The Morgan fingerprint density at radius 1 is 1.06 bits per heavy atom. The number of hydrogen-bond acceptors (Lipinski definition) is 1. The van der Waals surface area contributed by atoms with Crippen LogP contribution in [0.4, 0.5) is 14.5 Å². The second-order valence-corrected chi connectivity index (χ2v) is 4.47. The maximum atomic E-state index is 13.2. The Labute approximate surface area is 107 Å². The van der Waals surface area contributed by atoms with Crippen molar-refractivity contribution in [2.45, 2.75) is 6.54 Å². The van der Waals surface area contributed by atoms with Gasteiger partial charge in [0.15, 0.2) is 0 Å². The number of hydrogen-bond donors (Lipinski definition) is 1. The molecule has 17 heavy (non-hydrogen) atoms. The number of rotatable bonds is 3. The van der Waals surface area contributed by atoms with Crippen molar-refractivity contribution in [3.05, 3.63) is 64.1 Å². The molecule has 0 fully saturated rings. The molecule has 1 nitrogen and oxygen atoms in total. The summed E-state index contributed by atoms with van der Waals surface area (Å²) in [5.74, 6) is -0.597. The van der Waals surface area contributed by atoms with E-state index in [1.807, 2.05) is 6.07 Å². The largest absolute Gasteiger partial charge is 0.381 e. The average molecular weight is 298 g/mol. The lowest BCUT2D eigenvalue weighted by Crippen LogP contribution is -2.00. The minimum atomic E-state index is -0.325. The van der Waals surface area contributed by atoms with Crippen LogP contribution in [0.25, 0.3) is 0 Å². The van der Waals surface area contributed by atoms with E-state index in [0.29, 0.717) is 16.7 Å². The SMILES string of the molecule is Fc1cccc(CNc2ccc(Br)c(F)c2)c1. The Morgan fingerprint density at radius 2 is 1.88 bits per heavy atom. The summed E-state index contributed by atoms with van der Waals surface area (Å²) >= 11 is 3.08. The average Bonchev–Trinajstić information content (AvgIpc) is 2.31. The van der Waals surface area contributed by atoms with Gasteiger partial charge < -0.3 is 5.32 Å². The fourth-order valence-corrected chi connectivity index (χ4v) is 1.70. The Kier molecular flexibility index (Phi) is 3.74. The van der Waals surface area contributed by atoms with Crippen molar-refractivity contribution in [3.8, 4) is 0 Å². The minimum Gasteiger partial charge on any atom is -0.381 e. The summed E-state index contributed by atoms with van der Waals surface area (Å²) in [7, 11) is 0. The molecule has 0 aliphatic heterocycles. The number of halogens is 3. The van der Waals surface area contributed by atoms with E-state index in [4.69, 9.17) is 0 Å². The van der Waals surface area contributed by atoms with Crippen LogP contribution in [-0.4, -0.2) is 0 Å². The first-order chi connectivity index (χ1) is 8.15. The molecule has 0 heterocycles. The van der Waals surface area contributed by atoms with Crippen LogP contribution >= 0.6 is 15.9 Å². The first kappa shape index (κ1) is 12.0. The first-order valence-electron chi connectivity index (χ1n) is 5.08. The van der Waals surface area contributed by atoms with Gasteiger partial charge in [0, 0.05) is 12.2 Å². The molecule has 0 saturated carbocycles. The van der Waals surface area contributed by atoms with E-state index >= 15 is 0 Å². The zero-order chi connectivity index (χ0) is 12.3. The Morgan fingerprint density at radius 3 is 2.59 bits per heavy atom. The van der Waals surface area contributed by atoms with Crippen LogP contribution in [-0.2, 0) is 6.54 Å². The van der Waals surface area contributed by atoms with Gasteiger partial charge in [-0.2, -0.15) is 0 Å². The monoisotopic (exact) mass is 297 g/mol. The third-order valence-corrected chi connectivity index (χ3v) is 2.95. The van der Waals surface area contributed by atoms with Crippen molar-refractivity contribution < 1.29 is 8.78 Å². The van der Waals surface area contributed by atoms with Gasteiger partial charge in [-0.1, -0.05) is 12.1 Å². The molecule has 0 atom stereocenters. The van der Waals surface area contributed by atoms with Gasteiger partial charge in [-0.25, -0.2) is 8.78 Å². The summed E-state index contributed by atoms with van der Waals surface area (Å²) in [4.78, 5) is 0. The van der Waals surface area contributed by atoms with Crippen molar-refractivity contribution in [1.29, 1.82) is 0 Å². The number of nitrogens with one attached hydrogen (secondary N) is 1. The highest BCUT2D eigenvalue weighted by molar-refractivity contribution is 9.10. The Bertz CT molecular complexity index is 529. The lowest BCUT2D eigenvalue weighted by atomic mass is 10.2. The lowest BCUT2D eigenvalue weighted by Gasteiger charge is -2.07. The van der Waals surface area contributed by atoms with E-state index in [0.717, 1.165) is 5.56 Å². The molecule has 2 aromatic rings. The van der Waals surface area contributed by atoms with Gasteiger partial charge in [0.25, 0.3) is 0 Å². The summed E-state index contributed by atoms with van der Waals surface area (Å²) in [6.45, 7) is 0.457. The topological polar surface area (TPSA) is 12.0 Å². The van der Waals surface area contributed by atoms with Crippen molar-refractivity contribution in [2.24, 2.45) is 0 Å². The molecule has 0 spiro atoms. The van der Waals surface area contributed by atoms with Gasteiger partial charge >= 0.3 is 0 Å². The van der Waals surface area contributed by atoms with Crippen molar-refractivity contribution >= 4 is 21.6 Å². The first-order valence-corrected chi connectivity index (χ1v) is 5.88. The van der Waals surface area contributed by atoms with Crippen LogP contribution in [0, 0.1) is 11.6 Å². The molecule has 0 bridgehead atoms. The molecule has 0 aliphatic carbocycles. The van der Waals surface area contributed by atoms with Gasteiger partial charge in [0.1, 0.15) is 11.6 Å². The van der Waals surface area contributed by atoms with E-state index in [2.05, 4.69) is 21.2 Å². The highest BCUT2D eigenvalue weighted by atomic mass is 79.9. The quantitative estimate of drug-likeness (QED) is 0.889. The second-order valence-electron chi connectivity index (χ2n) is 3.61. The molecule has 1 N–H and O–H groups in total. The van der Waals surface area contributed by atoms with E-state index < -0.39 is 0 Å². The molecule has 0 amide bonds. The Hall–Kier alpha value is -1.42. The molecular formula is C13H10BrF2N. The van der Waals surface area contributed by atoms with Crippen molar-refractivity contribution in [1.82, 2.24) is 0 Å². The molecule has 0 aliphatic rings. The maximum Gasteiger partial charge on any atom is 0.139 e. The van der Waals surface area contributed by atoms with Crippen LogP contribution < -0.4 is 5.32 Å². The number of anilines is 1. The van der Waals surface area contributed by atoms with Gasteiger partial charge in [-0.3, -0.25) is 0 Å². The summed E-state index contributed by atoms with van der Waals surface area (Å²) in [5.41, 5.74) is 1.48. The van der Waals surface area contributed by atoms with Gasteiger partial charge in [-0.15, -0.1) is 0 Å². The van der Waals surface area contributed by atoms with E-state index in [1.165, 1.54) is 18.2 Å². The summed E-state index contributed by atoms with van der Waals surface area (Å²) < 4.78 is 26.6. The van der Waals surface area contributed by atoms with Crippen LogP contribution in [0.5, 0.6) is 0 Å². The van der Waals surface area contributed by atoms with Crippen LogP contribution in [0.2, 0.25) is 0 Å². The van der Waals surface area contributed by atoms with E-state index in [9.17, 15) is 8.78 Å². The van der Waals surface area contributed by atoms with E-state index in [-0.39, 0.29) is 11.6 Å². The molecule has 0 radical (unpaired) electrons. The summed E-state index contributed by atoms with van der Waals surface area (Å²) in [6.07, 6.45) is 0. The zero-order valence-electron chi connectivity index (χ0n) is 8.88. The molecular weight excluding hydrogens is 288 g/mol. The lowest BCUT2D eigenvalue weighted by molar-refractivity contribution is 0.621. The normalized spacial score (nSPS) is 10.3. The highest BCUT2D eigenvalue weighted by Crippen LogP contribution is 2.19. The summed E-state index contributed by atoms with van der Waals surface area (Å²) in [6, 6.07) is 11.1. The predicted molar refractivity (Wildman–Crippen MR) is 67.8 cm³/mol. The molecule has 2 aromatic carbocycles. The number of benzene rings is 2. The highest BCUT2D eigenvalue weighted by Gasteiger charge is 2.00. The molecule has 0 aromatic heterocycles. The molecule has 4 heteroatoms. The van der Waals surface area contributed by atoms with E-state index in [1.54, 1.807) is 18.2 Å². The van der Waals surface area contributed by atoms with Crippen molar-refractivity contribution in [3.63, 3.8) is 0 Å². The maximum absolute atomic E-state index is 13.2. The zero-order valence-corrected chi connectivity index (χ0v) is 10.5. The molecule has 0 unspecified atom stereocenters. The standard InChI is InChI=1S/C13H10BrF2N/c14-12-5-4-11(7-13(12)16)17-8-9-2-1-3-10(15)6-9/h1-7,17H,8H2. The van der Waals surface area contributed by atoms with Gasteiger partial charge in [0.05, 0.1) is 4.47 Å². The second kappa shape index (κ2) is 5.27. The third kappa shape index (κ3) is 3.27. The van der Waals surface area contributed by atoms with Crippen LogP contribution in [0.1, 0.15) is 5.56 Å².